The fraction of sp³-hybridized carbons (Fsp3) is 0.333. The topological polar surface area (TPSA) is 3.24 Å². The number of hydrogen-bond donors (Lipinski definition) is 0. The second-order valence-corrected chi connectivity index (χ2v) is 3.78. The molecule has 0 aromatic heterocycles. The molecule has 64 valence electrons. The summed E-state index contributed by atoms with van der Waals surface area (Å²) in [7, 11) is 0. The highest BCUT2D eigenvalue weighted by molar-refractivity contribution is 7.96. The molecule has 2 rings (SSSR count). The highest BCUT2D eigenvalue weighted by Gasteiger charge is 2.17. The molecule has 1 heterocycles. The highest BCUT2D eigenvalue weighted by atomic mass is 32.2. The summed E-state index contributed by atoms with van der Waals surface area (Å²) in [6.07, 6.45) is 2.04. The molecule has 1 aromatic carbocycles. The lowest BCUT2D eigenvalue weighted by Crippen LogP contribution is -2.03. The molecular formula is C9H10FNS. The van der Waals surface area contributed by atoms with Gasteiger partial charge in [0, 0.05) is 13.1 Å². The largest absolute Gasteiger partial charge is 0.242 e. The number of benzene rings is 1. The summed E-state index contributed by atoms with van der Waals surface area (Å²) in [4.78, 5) is 0. The zero-order chi connectivity index (χ0) is 8.55. The van der Waals surface area contributed by atoms with Crippen LogP contribution in [-0.2, 0) is 13.1 Å². The van der Waals surface area contributed by atoms with Crippen LogP contribution in [0.3, 0.4) is 0 Å². The third-order valence-corrected chi connectivity index (χ3v) is 2.89. The van der Waals surface area contributed by atoms with Gasteiger partial charge in [0.15, 0.2) is 0 Å². The zero-order valence-electron chi connectivity index (χ0n) is 6.88. The molecule has 0 unspecified atom stereocenters. The third kappa shape index (κ3) is 1.34. The molecule has 1 aliphatic heterocycles. The fourth-order valence-corrected chi connectivity index (χ4v) is 2.00. The van der Waals surface area contributed by atoms with E-state index in [0.29, 0.717) is 0 Å². The minimum absolute atomic E-state index is 0.128. The van der Waals surface area contributed by atoms with E-state index in [1.54, 1.807) is 18.0 Å². The van der Waals surface area contributed by atoms with Crippen LogP contribution in [-0.4, -0.2) is 10.6 Å². The molecule has 1 nitrogen and oxygen atoms in total. The van der Waals surface area contributed by atoms with Crippen molar-refractivity contribution in [2.75, 3.05) is 6.26 Å². The van der Waals surface area contributed by atoms with Crippen LogP contribution in [0.15, 0.2) is 18.2 Å². The van der Waals surface area contributed by atoms with Crippen LogP contribution in [0.4, 0.5) is 4.39 Å². The van der Waals surface area contributed by atoms with E-state index in [0.717, 1.165) is 18.7 Å². The van der Waals surface area contributed by atoms with Crippen LogP contribution in [0.2, 0.25) is 0 Å². The van der Waals surface area contributed by atoms with Crippen molar-refractivity contribution < 1.29 is 4.39 Å². The van der Waals surface area contributed by atoms with Crippen LogP contribution in [0, 0.1) is 5.82 Å². The Bertz CT molecular complexity index is 301. The molecule has 0 aliphatic carbocycles. The number of fused-ring (bicyclic) bond motifs is 1. The van der Waals surface area contributed by atoms with Gasteiger partial charge in [-0.2, -0.15) is 0 Å². The Kier molecular flexibility index (Phi) is 2.07. The smallest absolute Gasteiger partial charge is 0.123 e. The fourth-order valence-electron chi connectivity index (χ4n) is 1.46. The Morgan fingerprint density at radius 3 is 2.83 bits per heavy atom. The minimum atomic E-state index is -0.128. The molecule has 0 bridgehead atoms. The average molecular weight is 183 g/mol. The molecule has 0 atom stereocenters. The van der Waals surface area contributed by atoms with Gasteiger partial charge in [0.1, 0.15) is 5.82 Å². The van der Waals surface area contributed by atoms with Gasteiger partial charge < -0.3 is 0 Å². The monoisotopic (exact) mass is 183 g/mol. The molecule has 0 fully saturated rings. The molecule has 0 N–H and O–H groups in total. The number of hydrogen-bond acceptors (Lipinski definition) is 2. The summed E-state index contributed by atoms with van der Waals surface area (Å²) in [6.45, 7) is 1.81. The van der Waals surface area contributed by atoms with Crippen LogP contribution < -0.4 is 0 Å². The van der Waals surface area contributed by atoms with Crippen molar-refractivity contribution in [3.05, 3.63) is 35.1 Å². The first-order valence-electron chi connectivity index (χ1n) is 3.86. The van der Waals surface area contributed by atoms with Gasteiger partial charge in [-0.25, -0.2) is 8.70 Å². The van der Waals surface area contributed by atoms with Crippen molar-refractivity contribution in [2.45, 2.75) is 13.1 Å². The van der Waals surface area contributed by atoms with E-state index in [2.05, 4.69) is 4.31 Å². The van der Waals surface area contributed by atoms with E-state index in [4.69, 9.17) is 0 Å². The summed E-state index contributed by atoms with van der Waals surface area (Å²) in [5.74, 6) is -0.128. The first kappa shape index (κ1) is 8.08. The second kappa shape index (κ2) is 3.07. The van der Waals surface area contributed by atoms with Crippen molar-refractivity contribution in [3.63, 3.8) is 0 Å². The van der Waals surface area contributed by atoms with E-state index in [1.165, 1.54) is 11.6 Å². The van der Waals surface area contributed by atoms with Crippen LogP contribution in [0.5, 0.6) is 0 Å². The van der Waals surface area contributed by atoms with Crippen LogP contribution >= 0.6 is 11.9 Å². The lowest BCUT2D eigenvalue weighted by Gasteiger charge is -2.07. The number of rotatable bonds is 1. The number of nitrogens with zero attached hydrogens (tertiary/aromatic N) is 1. The maximum absolute atomic E-state index is 12.8. The van der Waals surface area contributed by atoms with Crippen molar-refractivity contribution in [1.29, 1.82) is 0 Å². The third-order valence-electron chi connectivity index (χ3n) is 2.12. The Morgan fingerprint density at radius 1 is 1.33 bits per heavy atom. The van der Waals surface area contributed by atoms with Crippen molar-refractivity contribution in [1.82, 2.24) is 4.31 Å². The molecule has 1 aromatic rings. The average Bonchev–Trinajstić information content (AvgIpc) is 2.46. The van der Waals surface area contributed by atoms with Gasteiger partial charge in [0.25, 0.3) is 0 Å². The molecule has 0 spiro atoms. The van der Waals surface area contributed by atoms with Gasteiger partial charge in [-0.1, -0.05) is 18.0 Å². The van der Waals surface area contributed by atoms with Gasteiger partial charge >= 0.3 is 0 Å². The summed E-state index contributed by atoms with van der Waals surface area (Å²) in [5.41, 5.74) is 2.38. The first-order chi connectivity index (χ1) is 5.79. The van der Waals surface area contributed by atoms with Crippen LogP contribution in [0.25, 0.3) is 0 Å². The molecule has 1 aliphatic rings. The quantitative estimate of drug-likeness (QED) is 0.615. The summed E-state index contributed by atoms with van der Waals surface area (Å²) < 4.78 is 15.0. The normalized spacial score (nSPS) is 16.5. The molecule has 0 amide bonds. The molecule has 0 radical (unpaired) electrons. The molecular weight excluding hydrogens is 173 g/mol. The maximum atomic E-state index is 12.8. The minimum Gasteiger partial charge on any atom is -0.242 e. The zero-order valence-corrected chi connectivity index (χ0v) is 7.70. The number of halogens is 1. The first-order valence-corrected chi connectivity index (χ1v) is 5.04. The predicted molar refractivity (Wildman–Crippen MR) is 49.2 cm³/mol. The Hall–Kier alpha value is -0.540. The second-order valence-electron chi connectivity index (χ2n) is 2.89. The van der Waals surface area contributed by atoms with E-state index >= 15 is 0 Å². The van der Waals surface area contributed by atoms with E-state index < -0.39 is 0 Å². The van der Waals surface area contributed by atoms with Gasteiger partial charge in [0.05, 0.1) is 0 Å². The highest BCUT2D eigenvalue weighted by Crippen LogP contribution is 2.27. The maximum Gasteiger partial charge on any atom is 0.123 e. The summed E-state index contributed by atoms with van der Waals surface area (Å²) in [5, 5.41) is 0. The SMILES string of the molecule is CSN1Cc2ccc(F)cc2C1. The Morgan fingerprint density at radius 2 is 2.08 bits per heavy atom. The molecule has 12 heavy (non-hydrogen) atoms. The summed E-state index contributed by atoms with van der Waals surface area (Å²) in [6, 6.07) is 5.04. The van der Waals surface area contributed by atoms with E-state index in [-0.39, 0.29) is 5.82 Å². The Labute approximate surface area is 75.7 Å². The predicted octanol–water partition coefficient (Wildman–Crippen LogP) is 2.42. The van der Waals surface area contributed by atoms with E-state index in [1.807, 2.05) is 12.3 Å². The summed E-state index contributed by atoms with van der Waals surface area (Å²) >= 11 is 1.71. The lowest BCUT2D eigenvalue weighted by molar-refractivity contribution is 0.510. The molecule has 0 saturated heterocycles. The van der Waals surface area contributed by atoms with Crippen molar-refractivity contribution >= 4 is 11.9 Å². The molecule has 3 heteroatoms. The van der Waals surface area contributed by atoms with Gasteiger partial charge in [-0.3, -0.25) is 0 Å². The van der Waals surface area contributed by atoms with Gasteiger partial charge in [-0.15, -0.1) is 0 Å². The van der Waals surface area contributed by atoms with Gasteiger partial charge in [-0.05, 0) is 29.5 Å². The van der Waals surface area contributed by atoms with Gasteiger partial charge in [0.2, 0.25) is 0 Å². The lowest BCUT2D eigenvalue weighted by atomic mass is 10.1. The van der Waals surface area contributed by atoms with Crippen molar-refractivity contribution in [2.24, 2.45) is 0 Å². The van der Waals surface area contributed by atoms with Crippen LogP contribution in [0.1, 0.15) is 11.1 Å². The van der Waals surface area contributed by atoms with E-state index in [9.17, 15) is 4.39 Å². The standard InChI is InChI=1S/C9H10FNS/c1-12-11-5-7-2-3-9(10)4-8(7)6-11/h2-4H,5-6H2,1H3. The Balaban J connectivity index is 2.30. The molecule has 0 saturated carbocycles. The van der Waals surface area contributed by atoms with Crippen molar-refractivity contribution in [3.8, 4) is 0 Å².